The molecule has 2 aliphatic heterocycles. The number of halogens is 2. The molecule has 0 bridgehead atoms. The van der Waals surface area contributed by atoms with Gasteiger partial charge in [0.15, 0.2) is 0 Å². The molecule has 1 saturated carbocycles. The largest absolute Gasteiger partial charge is 0.391 e. The number of nitrogens with zero attached hydrogens (tertiary/aromatic N) is 5. The van der Waals surface area contributed by atoms with E-state index < -0.39 is 5.82 Å². The third kappa shape index (κ3) is 5.87. The molecule has 3 aliphatic rings. The van der Waals surface area contributed by atoms with Crippen LogP contribution in [0.5, 0.6) is 0 Å². The summed E-state index contributed by atoms with van der Waals surface area (Å²) in [6.07, 6.45) is 10.1. The molecule has 6 rings (SSSR count). The molecule has 1 amide bonds. The van der Waals surface area contributed by atoms with Crippen LogP contribution in [0.25, 0.3) is 10.2 Å². The molecule has 3 aromatic rings. The van der Waals surface area contributed by atoms with Crippen LogP contribution < -0.4 is 5.32 Å². The van der Waals surface area contributed by atoms with Crippen LogP contribution in [0.2, 0.25) is 5.02 Å². The zero-order valence-electron chi connectivity index (χ0n) is 22.4. The predicted molar refractivity (Wildman–Crippen MR) is 157 cm³/mol. The van der Waals surface area contributed by atoms with Crippen molar-refractivity contribution in [3.8, 4) is 0 Å². The lowest BCUT2D eigenvalue weighted by Crippen LogP contribution is -2.54. The lowest BCUT2D eigenvalue weighted by Gasteiger charge is -2.42. The van der Waals surface area contributed by atoms with Crippen molar-refractivity contribution >= 4 is 50.6 Å². The fourth-order valence-electron chi connectivity index (χ4n) is 6.12. The second-order valence-corrected chi connectivity index (χ2v) is 12.3. The zero-order chi connectivity index (χ0) is 27.6. The van der Waals surface area contributed by atoms with Gasteiger partial charge in [-0.2, -0.15) is 0 Å². The summed E-state index contributed by atoms with van der Waals surface area (Å²) in [6.45, 7) is 5.78. The minimum atomic E-state index is -0.468. The van der Waals surface area contributed by atoms with E-state index in [4.69, 9.17) is 11.6 Å². The van der Waals surface area contributed by atoms with Crippen LogP contribution in [-0.2, 0) is 17.8 Å². The highest BCUT2D eigenvalue weighted by molar-refractivity contribution is 7.19. The van der Waals surface area contributed by atoms with Crippen LogP contribution in [0.1, 0.15) is 36.1 Å². The first-order valence-corrected chi connectivity index (χ1v) is 15.2. The van der Waals surface area contributed by atoms with E-state index in [0.717, 1.165) is 79.1 Å². The Kier molecular flexibility index (Phi) is 8.32. The summed E-state index contributed by atoms with van der Waals surface area (Å²) in [5.41, 5.74) is 1.81. The van der Waals surface area contributed by atoms with Gasteiger partial charge in [-0.05, 0) is 43.0 Å². The summed E-state index contributed by atoms with van der Waals surface area (Å²) in [5.74, 6) is 0.213. The smallest absolute Gasteiger partial charge is 0.246 e. The fourth-order valence-corrected chi connectivity index (χ4v) is 7.51. The molecule has 0 unspecified atom stereocenters. The summed E-state index contributed by atoms with van der Waals surface area (Å²) in [4.78, 5) is 30.6. The second kappa shape index (κ2) is 12.1. The van der Waals surface area contributed by atoms with Crippen molar-refractivity contribution in [1.29, 1.82) is 0 Å². The van der Waals surface area contributed by atoms with Gasteiger partial charge in [0.2, 0.25) is 5.91 Å². The number of hydrogen-bond donors (Lipinski definition) is 2. The molecular weight excluding hydrogens is 551 g/mol. The molecular formula is C29H34ClFN6O2S. The van der Waals surface area contributed by atoms with E-state index in [1.165, 1.54) is 24.9 Å². The van der Waals surface area contributed by atoms with Crippen molar-refractivity contribution in [2.75, 3.05) is 44.6 Å². The Labute approximate surface area is 242 Å². The molecule has 2 atom stereocenters. The third-order valence-corrected chi connectivity index (χ3v) is 9.74. The number of piperazine rings is 1. The van der Waals surface area contributed by atoms with Crippen molar-refractivity contribution in [3.63, 3.8) is 0 Å². The number of anilines is 2. The first kappa shape index (κ1) is 27.5. The monoisotopic (exact) mass is 584 g/mol. The number of fused-ring (bicyclic) bond motifs is 3. The molecule has 2 fully saturated rings. The molecule has 8 nitrogen and oxygen atoms in total. The number of aliphatic hydroxyl groups excluding tert-OH is 1. The third-order valence-electron chi connectivity index (χ3n) is 8.32. The second-order valence-electron chi connectivity index (χ2n) is 10.8. The van der Waals surface area contributed by atoms with Crippen LogP contribution in [0.4, 0.5) is 15.9 Å². The number of benzene rings is 1. The molecule has 4 heterocycles. The van der Waals surface area contributed by atoms with Crippen molar-refractivity contribution in [2.24, 2.45) is 0 Å². The van der Waals surface area contributed by atoms with Gasteiger partial charge in [0, 0.05) is 62.0 Å². The molecule has 40 heavy (non-hydrogen) atoms. The maximum atomic E-state index is 13.6. The molecule has 1 saturated heterocycles. The zero-order valence-corrected chi connectivity index (χ0v) is 23.9. The van der Waals surface area contributed by atoms with E-state index in [-0.39, 0.29) is 17.0 Å². The first-order valence-electron chi connectivity index (χ1n) is 14.0. The molecule has 0 radical (unpaired) electrons. The van der Waals surface area contributed by atoms with E-state index in [1.54, 1.807) is 23.5 Å². The Morgan fingerprint density at radius 1 is 1.18 bits per heavy atom. The maximum absolute atomic E-state index is 13.6. The van der Waals surface area contributed by atoms with Crippen LogP contribution in [0.15, 0.2) is 36.7 Å². The summed E-state index contributed by atoms with van der Waals surface area (Å²) in [7, 11) is 0. The Balaban J connectivity index is 1.05. The molecule has 2 aromatic heterocycles. The maximum Gasteiger partial charge on any atom is 0.246 e. The van der Waals surface area contributed by atoms with E-state index in [1.807, 2.05) is 11.0 Å². The lowest BCUT2D eigenvalue weighted by molar-refractivity contribution is -0.126. The van der Waals surface area contributed by atoms with Crippen LogP contribution in [0, 0.1) is 5.82 Å². The molecule has 1 aliphatic carbocycles. The van der Waals surface area contributed by atoms with Gasteiger partial charge < -0.3 is 15.3 Å². The highest BCUT2D eigenvalue weighted by atomic mass is 35.5. The van der Waals surface area contributed by atoms with Gasteiger partial charge in [0.25, 0.3) is 0 Å². The molecule has 11 heteroatoms. The van der Waals surface area contributed by atoms with Gasteiger partial charge in [-0.25, -0.2) is 14.4 Å². The van der Waals surface area contributed by atoms with Crippen LogP contribution >= 0.6 is 22.9 Å². The average Bonchev–Trinajstić information content (AvgIpc) is 3.34. The average molecular weight is 585 g/mol. The van der Waals surface area contributed by atoms with Crippen molar-refractivity contribution < 1.29 is 14.3 Å². The summed E-state index contributed by atoms with van der Waals surface area (Å²) >= 11 is 7.54. The number of carbonyl (C=O) groups excluding carboxylic acids is 1. The summed E-state index contributed by atoms with van der Waals surface area (Å²) < 4.78 is 13.6. The SMILES string of the molecule is O=C(/C=C/CN1CCN([C@H]2CCCC[C@@H]2O)CC1)N1CCc2c(sc3ncnc(Nc4ccc(F)c(Cl)c4)c23)C1. The molecule has 1 aromatic carbocycles. The Morgan fingerprint density at radius 3 is 2.80 bits per heavy atom. The van der Waals surface area contributed by atoms with Crippen molar-refractivity contribution in [1.82, 2.24) is 24.7 Å². The van der Waals surface area contributed by atoms with Crippen LogP contribution in [0.3, 0.4) is 0 Å². The highest BCUT2D eigenvalue weighted by Gasteiger charge is 2.31. The van der Waals surface area contributed by atoms with Gasteiger partial charge in [0.05, 0.1) is 23.1 Å². The molecule has 2 N–H and O–H groups in total. The van der Waals surface area contributed by atoms with Gasteiger partial charge in [-0.15, -0.1) is 11.3 Å². The number of rotatable bonds is 6. The Hall–Kier alpha value is -2.63. The van der Waals surface area contributed by atoms with Gasteiger partial charge in [0.1, 0.15) is 22.8 Å². The number of amides is 1. The van der Waals surface area contributed by atoms with E-state index in [0.29, 0.717) is 30.6 Å². The number of carbonyl (C=O) groups is 1. The first-order chi connectivity index (χ1) is 19.5. The standard InChI is InChI=1S/C29H34ClFN6O2S/c30-21-16-19(7-8-22(21)31)34-28-27-20-9-11-37(17-25(20)40-29(27)33-18-32-28)26(39)6-3-10-35-12-14-36(15-13-35)23-4-1-2-5-24(23)38/h3,6-8,16,18,23-24,38H,1-2,4-5,9-15,17H2,(H,32,33,34)/b6-3+/t23-,24-/m0/s1. The van der Waals surface area contributed by atoms with Gasteiger partial charge in [-0.3, -0.25) is 14.6 Å². The topological polar surface area (TPSA) is 84.8 Å². The highest BCUT2D eigenvalue weighted by Crippen LogP contribution is 2.38. The quantitative estimate of drug-likeness (QED) is 0.410. The number of thiophene rings is 1. The van der Waals surface area contributed by atoms with Gasteiger partial charge >= 0.3 is 0 Å². The van der Waals surface area contributed by atoms with Crippen LogP contribution in [-0.4, -0.2) is 87.1 Å². The minimum absolute atomic E-state index is 0.0254. The number of nitrogens with one attached hydrogen (secondary N) is 1. The molecule has 212 valence electrons. The number of aliphatic hydroxyl groups is 1. The Morgan fingerprint density at radius 2 is 2.00 bits per heavy atom. The minimum Gasteiger partial charge on any atom is -0.391 e. The normalized spacial score (nSPS) is 22.6. The van der Waals surface area contributed by atoms with E-state index in [2.05, 4.69) is 25.1 Å². The Bertz CT molecular complexity index is 1410. The predicted octanol–water partition coefficient (Wildman–Crippen LogP) is 4.59. The van der Waals surface area contributed by atoms with Crippen molar-refractivity contribution in [2.45, 2.75) is 50.8 Å². The summed E-state index contributed by atoms with van der Waals surface area (Å²) in [5, 5.41) is 14.6. The van der Waals surface area contributed by atoms with E-state index >= 15 is 0 Å². The summed E-state index contributed by atoms with van der Waals surface area (Å²) in [6, 6.07) is 4.80. The van der Waals surface area contributed by atoms with E-state index in [9.17, 15) is 14.3 Å². The molecule has 0 spiro atoms. The van der Waals surface area contributed by atoms with Crippen molar-refractivity contribution in [3.05, 3.63) is 58.0 Å². The number of hydrogen-bond acceptors (Lipinski definition) is 8. The number of aromatic nitrogens is 2. The fraction of sp³-hybridized carbons (Fsp3) is 0.483. The lowest BCUT2D eigenvalue weighted by atomic mass is 9.91. The van der Waals surface area contributed by atoms with Gasteiger partial charge in [-0.1, -0.05) is 30.5 Å².